The molecule has 37 heavy (non-hydrogen) atoms. The number of nitrogens with one attached hydrogen (secondary N) is 1. The lowest BCUT2D eigenvalue weighted by Gasteiger charge is -2.34. The fraction of sp³-hybridized carbons (Fsp3) is 0.565. The van der Waals surface area contributed by atoms with E-state index in [4.69, 9.17) is 16.3 Å². The van der Waals surface area contributed by atoms with Gasteiger partial charge in [0.1, 0.15) is 24.8 Å². The molecule has 2 saturated heterocycles. The van der Waals surface area contributed by atoms with Gasteiger partial charge in [0.2, 0.25) is 11.7 Å². The van der Waals surface area contributed by atoms with E-state index in [0.29, 0.717) is 4.88 Å². The lowest BCUT2D eigenvalue weighted by molar-refractivity contribution is -0.145. The number of halogens is 4. The molecule has 14 heteroatoms. The van der Waals surface area contributed by atoms with Crippen LogP contribution in [0.2, 0.25) is 0 Å². The molecule has 2 aliphatic heterocycles. The van der Waals surface area contributed by atoms with Crippen LogP contribution in [0.25, 0.3) is 10.4 Å². The predicted molar refractivity (Wildman–Crippen MR) is 126 cm³/mol. The maximum atomic E-state index is 13.7. The number of amides is 2. The van der Waals surface area contributed by atoms with Crippen LogP contribution >= 0.6 is 22.9 Å². The van der Waals surface area contributed by atoms with Crippen LogP contribution in [0, 0.1) is 5.92 Å². The summed E-state index contributed by atoms with van der Waals surface area (Å²) in [6, 6.07) is -1.63. The van der Waals surface area contributed by atoms with Gasteiger partial charge in [0.25, 0.3) is 5.91 Å². The number of ether oxygens (including phenoxy) is 1. The Morgan fingerprint density at radius 1 is 1.14 bits per heavy atom. The van der Waals surface area contributed by atoms with Crippen LogP contribution in [-0.4, -0.2) is 74.2 Å². The molecule has 9 nitrogen and oxygen atoms in total. The molecule has 4 atom stereocenters. The molecule has 0 bridgehead atoms. The predicted octanol–water partition coefficient (Wildman–Crippen LogP) is 3.08. The number of aromatic nitrogens is 3. The Labute approximate surface area is 218 Å². The summed E-state index contributed by atoms with van der Waals surface area (Å²) in [5.74, 6) is -2.54. The topological polar surface area (TPSA) is 114 Å². The highest BCUT2D eigenvalue weighted by atomic mass is 35.5. The summed E-state index contributed by atoms with van der Waals surface area (Å²) in [6.45, 7) is 0.0498. The lowest BCUT2D eigenvalue weighted by Crippen LogP contribution is -2.55. The number of ketones is 1. The standard InChI is InChI=1S/C23H23ClF3N5O4S/c24-13-9-32(17-14(33)10-36-18(13)17)21(35)16(11-4-2-1-3-5-11)31-19(34)20-28-8-15(37-20)12-6-29-22(30-7-12)23(25,26)27/h6-8,11,13,16-18H,1-5,9-10H2,(H,31,34)/t13-,16?,17+,18+/m0/s1. The highest BCUT2D eigenvalue weighted by Gasteiger charge is 2.53. The number of rotatable bonds is 5. The van der Waals surface area contributed by atoms with Gasteiger partial charge in [0.15, 0.2) is 10.8 Å². The second-order valence-electron chi connectivity index (χ2n) is 9.37. The first kappa shape index (κ1) is 26.0. The first-order valence-corrected chi connectivity index (χ1v) is 13.1. The molecule has 3 aliphatic rings. The normalized spacial score (nSPS) is 25.2. The third-order valence-electron chi connectivity index (χ3n) is 6.97. The molecular formula is C23H23ClF3N5O4S. The fourth-order valence-electron chi connectivity index (χ4n) is 5.17. The van der Waals surface area contributed by atoms with Gasteiger partial charge in [0, 0.05) is 30.7 Å². The molecule has 1 saturated carbocycles. The van der Waals surface area contributed by atoms with Crippen molar-refractivity contribution < 1.29 is 32.3 Å². The third kappa shape index (κ3) is 5.21. The summed E-state index contributed by atoms with van der Waals surface area (Å²) in [5.41, 5.74) is 0.278. The first-order chi connectivity index (χ1) is 17.6. The number of alkyl halides is 4. The second-order valence-corrected chi connectivity index (χ2v) is 11.0. The molecule has 1 unspecified atom stereocenters. The minimum Gasteiger partial charge on any atom is -0.366 e. The highest BCUT2D eigenvalue weighted by Crippen LogP contribution is 2.34. The van der Waals surface area contributed by atoms with Gasteiger partial charge in [-0.3, -0.25) is 14.4 Å². The molecule has 2 amide bonds. The Morgan fingerprint density at radius 3 is 2.51 bits per heavy atom. The fourth-order valence-corrected chi connectivity index (χ4v) is 6.32. The van der Waals surface area contributed by atoms with E-state index < -0.39 is 41.5 Å². The van der Waals surface area contributed by atoms with Crippen molar-refractivity contribution >= 4 is 40.5 Å². The van der Waals surface area contributed by atoms with Crippen molar-refractivity contribution in [2.75, 3.05) is 13.2 Å². The zero-order valence-electron chi connectivity index (χ0n) is 19.4. The van der Waals surface area contributed by atoms with Crippen LogP contribution in [0.15, 0.2) is 18.6 Å². The Morgan fingerprint density at radius 2 is 1.84 bits per heavy atom. The van der Waals surface area contributed by atoms with Gasteiger partial charge in [-0.05, 0) is 18.8 Å². The number of carbonyl (C=O) groups excluding carboxylic acids is 3. The van der Waals surface area contributed by atoms with Crippen LogP contribution in [0.4, 0.5) is 13.2 Å². The van der Waals surface area contributed by atoms with Crippen LogP contribution < -0.4 is 5.32 Å². The van der Waals surface area contributed by atoms with Crippen LogP contribution in [0.5, 0.6) is 0 Å². The van der Waals surface area contributed by atoms with E-state index in [9.17, 15) is 27.6 Å². The van der Waals surface area contributed by atoms with Crippen molar-refractivity contribution in [1.82, 2.24) is 25.2 Å². The molecule has 198 valence electrons. The summed E-state index contributed by atoms with van der Waals surface area (Å²) < 4.78 is 43.7. The Hall–Kier alpha value is -2.64. The van der Waals surface area contributed by atoms with Gasteiger partial charge in [-0.2, -0.15) is 13.2 Å². The van der Waals surface area contributed by atoms with Gasteiger partial charge >= 0.3 is 6.18 Å². The number of fused-ring (bicyclic) bond motifs is 1. The van der Waals surface area contributed by atoms with Crippen molar-refractivity contribution in [2.45, 2.75) is 61.8 Å². The monoisotopic (exact) mass is 557 g/mol. The van der Waals surface area contributed by atoms with Crippen molar-refractivity contribution in [3.8, 4) is 10.4 Å². The van der Waals surface area contributed by atoms with E-state index in [2.05, 4.69) is 20.3 Å². The van der Waals surface area contributed by atoms with E-state index in [1.807, 2.05) is 0 Å². The van der Waals surface area contributed by atoms with Crippen LogP contribution in [0.1, 0.15) is 47.7 Å². The maximum Gasteiger partial charge on any atom is 0.451 e. The van der Waals surface area contributed by atoms with Gasteiger partial charge in [-0.1, -0.05) is 19.3 Å². The van der Waals surface area contributed by atoms with Crippen molar-refractivity contribution in [1.29, 1.82) is 0 Å². The summed E-state index contributed by atoms with van der Waals surface area (Å²) in [7, 11) is 0. The average molecular weight is 558 g/mol. The zero-order chi connectivity index (χ0) is 26.3. The molecule has 2 aromatic heterocycles. The third-order valence-corrected chi connectivity index (χ3v) is 8.40. The number of Topliss-reactive ketones (excluding diaryl/α,β-unsaturated/α-hetero) is 1. The minimum atomic E-state index is -4.66. The molecule has 5 rings (SSSR count). The highest BCUT2D eigenvalue weighted by molar-refractivity contribution is 7.16. The number of likely N-dealkylation sites (tertiary alicyclic amines) is 1. The van der Waals surface area contributed by atoms with E-state index >= 15 is 0 Å². The maximum absolute atomic E-state index is 13.7. The smallest absolute Gasteiger partial charge is 0.366 e. The molecule has 1 aliphatic carbocycles. The van der Waals surface area contributed by atoms with Crippen LogP contribution in [0.3, 0.4) is 0 Å². The van der Waals surface area contributed by atoms with Crippen molar-refractivity contribution in [3.05, 3.63) is 29.4 Å². The zero-order valence-corrected chi connectivity index (χ0v) is 21.0. The van der Waals surface area contributed by atoms with Gasteiger partial charge < -0.3 is 15.0 Å². The Kier molecular flexibility index (Phi) is 7.20. The first-order valence-electron chi connectivity index (χ1n) is 11.9. The summed E-state index contributed by atoms with van der Waals surface area (Å²) >= 11 is 7.32. The SMILES string of the molecule is O=C(NC(C(=O)N1C[C@H](Cl)[C@H]2OCC(=O)[C@H]21)C1CCCCC1)c1ncc(-c2cnc(C(F)(F)F)nc2)s1. The Balaban J connectivity index is 1.34. The summed E-state index contributed by atoms with van der Waals surface area (Å²) in [4.78, 5) is 51.9. The van der Waals surface area contributed by atoms with Crippen molar-refractivity contribution in [2.24, 2.45) is 5.92 Å². The largest absolute Gasteiger partial charge is 0.451 e. The molecule has 2 aromatic rings. The Bertz CT molecular complexity index is 1190. The second kappa shape index (κ2) is 10.3. The molecule has 0 radical (unpaired) electrons. The molecule has 4 heterocycles. The lowest BCUT2D eigenvalue weighted by atomic mass is 9.83. The molecular weight excluding hydrogens is 535 g/mol. The average Bonchev–Trinajstić information content (AvgIpc) is 3.60. The van der Waals surface area contributed by atoms with E-state index in [1.165, 1.54) is 11.1 Å². The number of nitrogens with zero attached hydrogens (tertiary/aromatic N) is 4. The molecule has 3 fully saturated rings. The van der Waals surface area contributed by atoms with E-state index in [1.54, 1.807) is 0 Å². The summed E-state index contributed by atoms with van der Waals surface area (Å²) in [5, 5.41) is 2.35. The molecule has 0 aromatic carbocycles. The van der Waals surface area contributed by atoms with Gasteiger partial charge in [-0.25, -0.2) is 15.0 Å². The van der Waals surface area contributed by atoms with Crippen LogP contribution in [-0.2, 0) is 20.5 Å². The molecule has 0 spiro atoms. The number of hydrogen-bond donors (Lipinski definition) is 1. The van der Waals surface area contributed by atoms with Gasteiger partial charge in [-0.15, -0.1) is 22.9 Å². The van der Waals surface area contributed by atoms with E-state index in [-0.39, 0.29) is 41.3 Å². The van der Waals surface area contributed by atoms with E-state index in [0.717, 1.165) is 55.8 Å². The van der Waals surface area contributed by atoms with Gasteiger partial charge in [0.05, 0.1) is 10.3 Å². The quantitative estimate of drug-likeness (QED) is 0.562. The summed E-state index contributed by atoms with van der Waals surface area (Å²) in [6.07, 6.45) is 2.55. The molecule has 1 N–H and O–H groups in total. The van der Waals surface area contributed by atoms with Crippen molar-refractivity contribution in [3.63, 3.8) is 0 Å². The number of hydrogen-bond acceptors (Lipinski definition) is 8. The number of thiazole rings is 1. The minimum absolute atomic E-state index is 0.0401. The number of carbonyl (C=O) groups is 3.